The summed E-state index contributed by atoms with van der Waals surface area (Å²) in [5.74, 6) is -0.397. The minimum atomic E-state index is -0.485. The van der Waals surface area contributed by atoms with Crippen molar-refractivity contribution in [2.24, 2.45) is 0 Å². The van der Waals surface area contributed by atoms with E-state index in [1.807, 2.05) is 6.07 Å². The van der Waals surface area contributed by atoms with E-state index >= 15 is 0 Å². The number of nitrogens with zero attached hydrogens (tertiary/aromatic N) is 2. The van der Waals surface area contributed by atoms with E-state index in [1.54, 1.807) is 31.2 Å². The normalized spacial score (nSPS) is 13.8. The van der Waals surface area contributed by atoms with Crippen molar-refractivity contribution in [2.75, 3.05) is 23.3 Å². The summed E-state index contributed by atoms with van der Waals surface area (Å²) in [6.45, 7) is 3.50. The molecule has 7 heteroatoms. The topological polar surface area (TPSA) is 75.5 Å². The van der Waals surface area contributed by atoms with E-state index in [4.69, 9.17) is 11.6 Å². The van der Waals surface area contributed by atoms with Gasteiger partial charge in [0.05, 0.1) is 16.3 Å². The van der Waals surface area contributed by atoms with E-state index in [0.717, 1.165) is 31.6 Å². The maximum absolute atomic E-state index is 12.6. The molecule has 130 valence electrons. The average molecular weight is 360 g/mol. The first-order valence-corrected chi connectivity index (χ1v) is 8.44. The molecule has 1 amide bonds. The highest BCUT2D eigenvalue weighted by Crippen LogP contribution is 2.32. The maximum atomic E-state index is 12.6. The second kappa shape index (κ2) is 7.11. The van der Waals surface area contributed by atoms with E-state index < -0.39 is 10.8 Å². The molecule has 0 radical (unpaired) electrons. The molecule has 2 aromatic carbocycles. The van der Waals surface area contributed by atoms with Gasteiger partial charge in [0, 0.05) is 35.3 Å². The van der Waals surface area contributed by atoms with Gasteiger partial charge >= 0.3 is 0 Å². The Labute approximate surface area is 150 Å². The standard InChI is InChI=1S/C18H18ClN3O3/c1-12-4-5-13(10-17(12)22(24)25)18(23)20-15-11-14(19)6-7-16(15)21-8-2-3-9-21/h4-7,10-11H,2-3,8-9H2,1H3,(H,20,23). The molecule has 0 spiro atoms. The van der Waals surface area contributed by atoms with Gasteiger partial charge in [-0.25, -0.2) is 0 Å². The Bertz CT molecular complexity index is 832. The van der Waals surface area contributed by atoms with Crippen LogP contribution in [0.1, 0.15) is 28.8 Å². The average Bonchev–Trinajstić information content (AvgIpc) is 3.09. The predicted octanol–water partition coefficient (Wildman–Crippen LogP) is 4.41. The third-order valence-electron chi connectivity index (χ3n) is 4.32. The van der Waals surface area contributed by atoms with Gasteiger partial charge < -0.3 is 10.2 Å². The largest absolute Gasteiger partial charge is 0.370 e. The minimum Gasteiger partial charge on any atom is -0.370 e. The molecule has 2 aromatic rings. The van der Waals surface area contributed by atoms with Crippen LogP contribution in [0.25, 0.3) is 0 Å². The quantitative estimate of drug-likeness (QED) is 0.648. The minimum absolute atomic E-state index is 0.0708. The number of rotatable bonds is 4. The zero-order valence-electron chi connectivity index (χ0n) is 13.8. The Morgan fingerprint density at radius 3 is 2.60 bits per heavy atom. The lowest BCUT2D eigenvalue weighted by atomic mass is 10.1. The highest BCUT2D eigenvalue weighted by atomic mass is 35.5. The number of carbonyl (C=O) groups excluding carboxylic acids is 1. The number of nitrogens with one attached hydrogen (secondary N) is 1. The van der Waals surface area contributed by atoms with Gasteiger partial charge in [-0.05, 0) is 44.0 Å². The summed E-state index contributed by atoms with van der Waals surface area (Å²) in [7, 11) is 0. The number of halogens is 1. The van der Waals surface area contributed by atoms with Crippen LogP contribution in [0.5, 0.6) is 0 Å². The summed E-state index contributed by atoms with van der Waals surface area (Å²) >= 11 is 6.08. The summed E-state index contributed by atoms with van der Waals surface area (Å²) in [5.41, 5.74) is 2.21. The third kappa shape index (κ3) is 3.74. The van der Waals surface area contributed by atoms with Gasteiger partial charge in [0.1, 0.15) is 0 Å². The first-order chi connectivity index (χ1) is 12.0. The lowest BCUT2D eigenvalue weighted by Gasteiger charge is -2.22. The van der Waals surface area contributed by atoms with Gasteiger partial charge in [-0.1, -0.05) is 17.7 Å². The van der Waals surface area contributed by atoms with E-state index in [1.165, 1.54) is 6.07 Å². The van der Waals surface area contributed by atoms with E-state index in [-0.39, 0.29) is 11.3 Å². The number of nitro benzene ring substituents is 1. The Kier molecular flexibility index (Phi) is 4.90. The van der Waals surface area contributed by atoms with Gasteiger partial charge in [0.25, 0.3) is 11.6 Å². The summed E-state index contributed by atoms with van der Waals surface area (Å²) in [5, 5.41) is 14.4. The fraction of sp³-hybridized carbons (Fsp3) is 0.278. The highest BCUT2D eigenvalue weighted by Gasteiger charge is 2.19. The maximum Gasteiger partial charge on any atom is 0.273 e. The molecule has 0 saturated carbocycles. The molecule has 6 nitrogen and oxygen atoms in total. The van der Waals surface area contributed by atoms with Crippen LogP contribution in [0, 0.1) is 17.0 Å². The van der Waals surface area contributed by atoms with Crippen molar-refractivity contribution < 1.29 is 9.72 Å². The van der Waals surface area contributed by atoms with Crippen LogP contribution in [-0.2, 0) is 0 Å². The smallest absolute Gasteiger partial charge is 0.273 e. The number of carbonyl (C=O) groups is 1. The molecule has 25 heavy (non-hydrogen) atoms. The number of aryl methyl sites for hydroxylation is 1. The molecule has 1 N–H and O–H groups in total. The molecule has 0 unspecified atom stereocenters. The fourth-order valence-electron chi connectivity index (χ4n) is 2.98. The Hall–Kier alpha value is -2.60. The molecule has 1 aliphatic heterocycles. The molecule has 1 aliphatic rings. The molecule has 1 saturated heterocycles. The SMILES string of the molecule is Cc1ccc(C(=O)Nc2cc(Cl)ccc2N2CCCC2)cc1[N+](=O)[O-]. The van der Waals surface area contributed by atoms with Crippen molar-refractivity contribution in [1.82, 2.24) is 0 Å². The van der Waals surface area contributed by atoms with Crippen LogP contribution < -0.4 is 10.2 Å². The van der Waals surface area contributed by atoms with Gasteiger partial charge in [0.15, 0.2) is 0 Å². The van der Waals surface area contributed by atoms with Crippen LogP contribution in [0.15, 0.2) is 36.4 Å². The second-order valence-corrected chi connectivity index (χ2v) is 6.50. The molecule has 0 atom stereocenters. The number of amides is 1. The van der Waals surface area contributed by atoms with Gasteiger partial charge in [-0.3, -0.25) is 14.9 Å². The van der Waals surface area contributed by atoms with Gasteiger partial charge in [0.2, 0.25) is 0 Å². The Balaban J connectivity index is 1.89. The van der Waals surface area contributed by atoms with Crippen LogP contribution in [-0.4, -0.2) is 23.9 Å². The van der Waals surface area contributed by atoms with E-state index in [9.17, 15) is 14.9 Å². The Morgan fingerprint density at radius 2 is 1.92 bits per heavy atom. The van der Waals surface area contributed by atoms with Crippen LogP contribution in [0.2, 0.25) is 5.02 Å². The number of nitro groups is 1. The lowest BCUT2D eigenvalue weighted by molar-refractivity contribution is -0.385. The lowest BCUT2D eigenvalue weighted by Crippen LogP contribution is -2.21. The van der Waals surface area contributed by atoms with E-state index in [0.29, 0.717) is 16.3 Å². The molecular weight excluding hydrogens is 342 g/mol. The van der Waals surface area contributed by atoms with Crippen LogP contribution in [0.4, 0.5) is 17.1 Å². The third-order valence-corrected chi connectivity index (χ3v) is 4.56. The van der Waals surface area contributed by atoms with Crippen molar-refractivity contribution >= 4 is 34.6 Å². The molecular formula is C18H18ClN3O3. The van der Waals surface area contributed by atoms with Crippen molar-refractivity contribution in [3.63, 3.8) is 0 Å². The van der Waals surface area contributed by atoms with Crippen LogP contribution in [0.3, 0.4) is 0 Å². The first-order valence-electron chi connectivity index (χ1n) is 8.06. The van der Waals surface area contributed by atoms with E-state index in [2.05, 4.69) is 10.2 Å². The monoisotopic (exact) mass is 359 g/mol. The van der Waals surface area contributed by atoms with Crippen molar-refractivity contribution in [1.29, 1.82) is 0 Å². The number of hydrogen-bond acceptors (Lipinski definition) is 4. The highest BCUT2D eigenvalue weighted by molar-refractivity contribution is 6.31. The molecule has 0 aliphatic carbocycles. The summed E-state index contributed by atoms with van der Waals surface area (Å²) in [6, 6.07) is 9.84. The zero-order valence-corrected chi connectivity index (χ0v) is 14.5. The summed E-state index contributed by atoms with van der Waals surface area (Å²) < 4.78 is 0. The first kappa shape index (κ1) is 17.2. The number of hydrogen-bond donors (Lipinski definition) is 1. The molecule has 0 aromatic heterocycles. The fourth-order valence-corrected chi connectivity index (χ4v) is 3.16. The van der Waals surface area contributed by atoms with Gasteiger partial charge in [-0.15, -0.1) is 0 Å². The Morgan fingerprint density at radius 1 is 1.20 bits per heavy atom. The number of anilines is 2. The molecule has 1 fully saturated rings. The second-order valence-electron chi connectivity index (χ2n) is 6.07. The van der Waals surface area contributed by atoms with Crippen molar-refractivity contribution in [3.8, 4) is 0 Å². The molecule has 0 bridgehead atoms. The van der Waals surface area contributed by atoms with Crippen LogP contribution >= 0.6 is 11.6 Å². The van der Waals surface area contributed by atoms with Crippen molar-refractivity contribution in [3.05, 3.63) is 62.7 Å². The van der Waals surface area contributed by atoms with Gasteiger partial charge in [-0.2, -0.15) is 0 Å². The molecule has 1 heterocycles. The number of benzene rings is 2. The summed E-state index contributed by atoms with van der Waals surface area (Å²) in [6.07, 6.45) is 2.22. The molecule has 3 rings (SSSR count). The summed E-state index contributed by atoms with van der Waals surface area (Å²) in [4.78, 5) is 25.4. The zero-order chi connectivity index (χ0) is 18.0. The van der Waals surface area contributed by atoms with Crippen molar-refractivity contribution in [2.45, 2.75) is 19.8 Å². The predicted molar refractivity (Wildman–Crippen MR) is 98.7 cm³/mol.